The molecule has 4 heterocycles. The summed E-state index contributed by atoms with van der Waals surface area (Å²) in [6.45, 7) is 4.67. The second kappa shape index (κ2) is 11.1. The summed E-state index contributed by atoms with van der Waals surface area (Å²) in [5.74, 6) is 2.97. The average molecular weight is 494 g/mol. The summed E-state index contributed by atoms with van der Waals surface area (Å²) in [4.78, 5) is 14.5. The van der Waals surface area contributed by atoms with Crippen LogP contribution in [0.1, 0.15) is 29.2 Å². The summed E-state index contributed by atoms with van der Waals surface area (Å²) in [5, 5.41) is 11.7. The van der Waals surface area contributed by atoms with Gasteiger partial charge in [-0.1, -0.05) is 6.07 Å². The number of nitrogens with one attached hydrogen (secondary N) is 1. The number of ether oxygens (including phenoxy) is 1. The lowest BCUT2D eigenvalue weighted by molar-refractivity contribution is 0.122. The summed E-state index contributed by atoms with van der Waals surface area (Å²) in [6, 6.07) is 10.6. The van der Waals surface area contributed by atoms with E-state index in [0.717, 1.165) is 23.3 Å². The van der Waals surface area contributed by atoms with Crippen molar-refractivity contribution in [3.05, 3.63) is 65.4 Å². The van der Waals surface area contributed by atoms with Gasteiger partial charge in [0.25, 0.3) is 5.95 Å². The molecule has 1 N–H and O–H groups in total. The van der Waals surface area contributed by atoms with E-state index in [2.05, 4.69) is 55.6 Å². The zero-order valence-electron chi connectivity index (χ0n) is 19.7. The quantitative estimate of drug-likeness (QED) is 0.441. The third-order valence-corrected chi connectivity index (χ3v) is 7.19. The molecule has 35 heavy (non-hydrogen) atoms. The molecule has 0 spiro atoms. The van der Waals surface area contributed by atoms with Crippen LogP contribution in [0.15, 0.2) is 53.0 Å². The van der Waals surface area contributed by atoms with E-state index in [-0.39, 0.29) is 18.3 Å². The van der Waals surface area contributed by atoms with Crippen LogP contribution in [0.5, 0.6) is 0 Å². The Hall–Kier alpha value is -3.11. The first-order valence-electron chi connectivity index (χ1n) is 11.8. The van der Waals surface area contributed by atoms with E-state index in [0.29, 0.717) is 32.2 Å². The van der Waals surface area contributed by atoms with Gasteiger partial charge < -0.3 is 15.0 Å². The van der Waals surface area contributed by atoms with E-state index in [1.807, 2.05) is 28.8 Å². The Morgan fingerprint density at radius 2 is 2.03 bits per heavy atom. The summed E-state index contributed by atoms with van der Waals surface area (Å²) >= 11 is 2.03. The van der Waals surface area contributed by atoms with Gasteiger partial charge in [0.1, 0.15) is 6.54 Å². The summed E-state index contributed by atoms with van der Waals surface area (Å²) in [5.41, 5.74) is 5.42. The van der Waals surface area contributed by atoms with E-state index in [1.54, 1.807) is 6.20 Å². The summed E-state index contributed by atoms with van der Waals surface area (Å²) < 4.78 is 19.5. The molecule has 0 radical (unpaired) electrons. The van der Waals surface area contributed by atoms with Crippen LogP contribution in [0.25, 0.3) is 0 Å². The molecule has 3 aromatic rings. The van der Waals surface area contributed by atoms with Crippen molar-refractivity contribution in [1.82, 2.24) is 15.0 Å². The molecule has 5 rings (SSSR count). The highest BCUT2D eigenvalue weighted by atomic mass is 32.2. The highest BCUT2D eigenvalue weighted by Crippen LogP contribution is 2.34. The average Bonchev–Trinajstić information content (AvgIpc) is 3.42. The van der Waals surface area contributed by atoms with E-state index < -0.39 is 5.82 Å². The van der Waals surface area contributed by atoms with Gasteiger partial charge in [0, 0.05) is 24.5 Å². The number of pyridine rings is 1. The van der Waals surface area contributed by atoms with Crippen molar-refractivity contribution in [1.29, 1.82) is 0 Å². The molecule has 0 aliphatic carbocycles. The van der Waals surface area contributed by atoms with Gasteiger partial charge in [0.15, 0.2) is 11.6 Å². The third kappa shape index (κ3) is 6.12. The number of aromatic nitrogens is 3. The first-order valence-corrected chi connectivity index (χ1v) is 12.9. The Bertz CT molecular complexity index is 1180. The SMILES string of the molecule is Cc1cc(Nc2ccc(CN=Nc3ncc(F)c(N4CCOCC4)n3)nc2)cc(C2CCSC2)c1. The minimum atomic E-state index is -0.474. The normalized spacial score (nSPS) is 18.3. The smallest absolute Gasteiger partial charge is 0.270 e. The number of hydrogen-bond donors (Lipinski definition) is 1. The number of benzene rings is 1. The monoisotopic (exact) mass is 493 g/mol. The number of azo groups is 1. The van der Waals surface area contributed by atoms with Crippen molar-refractivity contribution in [2.45, 2.75) is 25.8 Å². The number of anilines is 3. The predicted molar refractivity (Wildman–Crippen MR) is 137 cm³/mol. The number of rotatable bonds is 7. The Balaban J connectivity index is 1.20. The molecule has 1 atom stereocenters. The van der Waals surface area contributed by atoms with Crippen molar-refractivity contribution in [3.8, 4) is 0 Å². The Kier molecular flexibility index (Phi) is 7.48. The highest BCUT2D eigenvalue weighted by molar-refractivity contribution is 7.99. The fraction of sp³-hybridized carbons (Fsp3) is 0.400. The van der Waals surface area contributed by atoms with Crippen LogP contribution < -0.4 is 10.2 Å². The van der Waals surface area contributed by atoms with E-state index >= 15 is 0 Å². The molecule has 0 saturated carbocycles. The van der Waals surface area contributed by atoms with Crippen molar-refractivity contribution in [3.63, 3.8) is 0 Å². The maximum Gasteiger partial charge on any atom is 0.270 e. The molecule has 10 heteroatoms. The van der Waals surface area contributed by atoms with Gasteiger partial charge in [0.05, 0.1) is 37.0 Å². The van der Waals surface area contributed by atoms with Crippen molar-refractivity contribution in [2.75, 3.05) is 48.0 Å². The molecular formula is C25H28FN7OS. The van der Waals surface area contributed by atoms with Gasteiger partial charge in [-0.05, 0) is 60.4 Å². The maximum atomic E-state index is 14.2. The van der Waals surface area contributed by atoms with Crippen molar-refractivity contribution in [2.24, 2.45) is 10.2 Å². The lowest BCUT2D eigenvalue weighted by Gasteiger charge is -2.27. The molecular weight excluding hydrogens is 465 g/mol. The van der Waals surface area contributed by atoms with Gasteiger partial charge in [-0.3, -0.25) is 4.98 Å². The zero-order chi connectivity index (χ0) is 24.0. The number of hydrogen-bond acceptors (Lipinski definition) is 9. The first-order chi connectivity index (χ1) is 17.1. The molecule has 2 saturated heterocycles. The Morgan fingerprint density at radius 3 is 2.80 bits per heavy atom. The van der Waals surface area contributed by atoms with E-state index in [4.69, 9.17) is 4.74 Å². The molecule has 1 unspecified atom stereocenters. The largest absolute Gasteiger partial charge is 0.378 e. The van der Waals surface area contributed by atoms with Crippen LogP contribution in [0.4, 0.5) is 27.5 Å². The lowest BCUT2D eigenvalue weighted by Crippen LogP contribution is -2.37. The summed E-state index contributed by atoms with van der Waals surface area (Å²) in [6.07, 6.45) is 4.17. The second-order valence-electron chi connectivity index (χ2n) is 8.70. The topological polar surface area (TPSA) is 87.9 Å². The van der Waals surface area contributed by atoms with Crippen molar-refractivity contribution < 1.29 is 9.13 Å². The number of halogens is 1. The van der Waals surface area contributed by atoms with Gasteiger partial charge in [0.2, 0.25) is 0 Å². The van der Waals surface area contributed by atoms with Crippen molar-refractivity contribution >= 4 is 34.9 Å². The fourth-order valence-electron chi connectivity index (χ4n) is 4.24. The number of aryl methyl sites for hydroxylation is 1. The maximum absolute atomic E-state index is 14.2. The van der Waals surface area contributed by atoms with Gasteiger partial charge in [-0.15, -0.1) is 5.11 Å². The Morgan fingerprint density at radius 1 is 1.14 bits per heavy atom. The predicted octanol–water partition coefficient (Wildman–Crippen LogP) is 5.40. The molecule has 2 aliphatic rings. The number of nitrogens with zero attached hydrogens (tertiary/aromatic N) is 6. The minimum absolute atomic E-state index is 0.127. The van der Waals surface area contributed by atoms with Gasteiger partial charge in [-0.25, -0.2) is 9.37 Å². The van der Waals surface area contributed by atoms with Crippen LogP contribution in [-0.2, 0) is 11.3 Å². The molecule has 1 aromatic carbocycles. The van der Waals surface area contributed by atoms with Crippen LogP contribution in [-0.4, -0.2) is 52.8 Å². The third-order valence-electron chi connectivity index (χ3n) is 6.03. The van der Waals surface area contributed by atoms with E-state index in [1.165, 1.54) is 29.1 Å². The molecule has 2 aliphatic heterocycles. The van der Waals surface area contributed by atoms with Crippen LogP contribution in [0.3, 0.4) is 0 Å². The number of thioether (sulfide) groups is 1. The second-order valence-corrected chi connectivity index (χ2v) is 9.85. The Labute approximate surface area is 208 Å². The highest BCUT2D eigenvalue weighted by Gasteiger charge is 2.19. The lowest BCUT2D eigenvalue weighted by atomic mass is 9.96. The molecule has 2 aromatic heterocycles. The van der Waals surface area contributed by atoms with Gasteiger partial charge >= 0.3 is 0 Å². The van der Waals surface area contributed by atoms with Crippen LogP contribution in [0, 0.1) is 12.7 Å². The molecule has 2 fully saturated rings. The molecule has 182 valence electrons. The molecule has 0 amide bonds. The van der Waals surface area contributed by atoms with E-state index in [9.17, 15) is 4.39 Å². The zero-order valence-corrected chi connectivity index (χ0v) is 20.5. The fourth-order valence-corrected chi connectivity index (χ4v) is 5.50. The summed E-state index contributed by atoms with van der Waals surface area (Å²) in [7, 11) is 0. The number of morpholine rings is 1. The van der Waals surface area contributed by atoms with Crippen LogP contribution >= 0.6 is 11.8 Å². The molecule has 8 nitrogen and oxygen atoms in total. The minimum Gasteiger partial charge on any atom is -0.378 e. The standard InChI is InChI=1S/C25H28FN7OS/c1-17-10-19(18-4-9-35-16-18)12-22(11-17)30-21-3-2-20(27-13-21)14-29-32-25-28-15-23(26)24(31-25)33-5-7-34-8-6-33/h2-3,10-13,15,18,30H,4-9,14,16H2,1H3. The van der Waals surface area contributed by atoms with Crippen LogP contribution in [0.2, 0.25) is 0 Å². The van der Waals surface area contributed by atoms with Gasteiger partial charge in [-0.2, -0.15) is 21.9 Å². The molecule has 0 bridgehead atoms. The first kappa shape index (κ1) is 23.6.